The molecule has 0 aliphatic carbocycles. The Morgan fingerprint density at radius 2 is 1.67 bits per heavy atom. The molecule has 3 aromatic rings. The lowest BCUT2D eigenvalue weighted by Gasteiger charge is -2.09. The number of hydrogen-bond donors (Lipinski definition) is 2. The summed E-state index contributed by atoms with van der Waals surface area (Å²) >= 11 is 0. The van der Waals surface area contributed by atoms with Crippen molar-refractivity contribution in [2.45, 2.75) is 6.92 Å². The number of nitrogens with one attached hydrogen (secondary N) is 2. The molecule has 1 aromatic heterocycles. The van der Waals surface area contributed by atoms with E-state index in [0.29, 0.717) is 0 Å². The summed E-state index contributed by atoms with van der Waals surface area (Å²) in [6, 6.07) is 17.6. The molecule has 21 heavy (non-hydrogen) atoms. The Bertz CT molecular complexity index is 776. The number of nitrogens with zero attached hydrogens (tertiary/aromatic N) is 1. The zero-order chi connectivity index (χ0) is 14.7. The first-order chi connectivity index (χ1) is 10.2. The predicted octanol–water partition coefficient (Wildman–Crippen LogP) is 3.94. The SMILES string of the molecule is CC(=O)Nc1ccc(Nc2nccc3ccccc23)cc1. The monoisotopic (exact) mass is 277 g/mol. The minimum absolute atomic E-state index is 0.0774. The van der Waals surface area contributed by atoms with E-state index in [-0.39, 0.29) is 5.91 Å². The number of rotatable bonds is 3. The Morgan fingerprint density at radius 3 is 2.43 bits per heavy atom. The summed E-state index contributed by atoms with van der Waals surface area (Å²) in [6.45, 7) is 1.49. The molecule has 0 spiro atoms. The van der Waals surface area contributed by atoms with Gasteiger partial charge in [0.05, 0.1) is 0 Å². The van der Waals surface area contributed by atoms with E-state index in [9.17, 15) is 4.79 Å². The van der Waals surface area contributed by atoms with E-state index in [4.69, 9.17) is 0 Å². The van der Waals surface area contributed by atoms with Crippen LogP contribution < -0.4 is 10.6 Å². The van der Waals surface area contributed by atoms with Crippen LogP contribution in [0.15, 0.2) is 60.8 Å². The molecule has 4 nitrogen and oxygen atoms in total. The molecule has 3 rings (SSSR count). The summed E-state index contributed by atoms with van der Waals surface area (Å²) in [5, 5.41) is 8.27. The average Bonchev–Trinajstić information content (AvgIpc) is 2.49. The fourth-order valence-electron chi connectivity index (χ4n) is 2.20. The van der Waals surface area contributed by atoms with Crippen LogP contribution >= 0.6 is 0 Å². The molecular weight excluding hydrogens is 262 g/mol. The zero-order valence-corrected chi connectivity index (χ0v) is 11.6. The van der Waals surface area contributed by atoms with Crippen LogP contribution in [0.3, 0.4) is 0 Å². The Hall–Kier alpha value is -2.88. The van der Waals surface area contributed by atoms with Crippen molar-refractivity contribution in [1.82, 2.24) is 4.98 Å². The molecule has 1 amide bonds. The van der Waals surface area contributed by atoms with Crippen LogP contribution in [0.1, 0.15) is 6.92 Å². The first-order valence-corrected chi connectivity index (χ1v) is 6.71. The lowest BCUT2D eigenvalue weighted by atomic mass is 10.1. The molecule has 0 radical (unpaired) electrons. The Kier molecular flexibility index (Phi) is 3.51. The molecule has 4 heteroatoms. The topological polar surface area (TPSA) is 54.0 Å². The molecule has 104 valence electrons. The van der Waals surface area contributed by atoms with Crippen LogP contribution in [-0.2, 0) is 4.79 Å². The van der Waals surface area contributed by atoms with E-state index in [1.165, 1.54) is 6.92 Å². The average molecular weight is 277 g/mol. The molecule has 0 aliphatic heterocycles. The molecule has 0 atom stereocenters. The second-order valence-corrected chi connectivity index (χ2v) is 4.76. The van der Waals surface area contributed by atoms with Crippen LogP contribution in [0.2, 0.25) is 0 Å². The summed E-state index contributed by atoms with van der Waals surface area (Å²) < 4.78 is 0. The minimum atomic E-state index is -0.0774. The van der Waals surface area contributed by atoms with Crippen molar-refractivity contribution in [2.24, 2.45) is 0 Å². The molecule has 0 bridgehead atoms. The van der Waals surface area contributed by atoms with Gasteiger partial charge in [0.1, 0.15) is 5.82 Å². The van der Waals surface area contributed by atoms with Gasteiger partial charge in [-0.1, -0.05) is 24.3 Å². The third kappa shape index (κ3) is 3.00. The van der Waals surface area contributed by atoms with Crippen molar-refractivity contribution in [3.05, 3.63) is 60.8 Å². The molecule has 0 aliphatic rings. The van der Waals surface area contributed by atoms with E-state index in [0.717, 1.165) is 28.0 Å². The summed E-state index contributed by atoms with van der Waals surface area (Å²) in [5.74, 6) is 0.742. The Labute approximate surface area is 122 Å². The highest BCUT2D eigenvalue weighted by atomic mass is 16.1. The van der Waals surface area contributed by atoms with Crippen molar-refractivity contribution in [3.8, 4) is 0 Å². The van der Waals surface area contributed by atoms with E-state index in [2.05, 4.69) is 21.7 Å². The minimum Gasteiger partial charge on any atom is -0.340 e. The number of aromatic nitrogens is 1. The molecule has 2 N–H and O–H groups in total. The van der Waals surface area contributed by atoms with Crippen LogP contribution in [0.4, 0.5) is 17.2 Å². The van der Waals surface area contributed by atoms with Gasteiger partial charge in [-0.05, 0) is 35.7 Å². The normalized spacial score (nSPS) is 10.3. The highest BCUT2D eigenvalue weighted by Crippen LogP contribution is 2.24. The lowest BCUT2D eigenvalue weighted by Crippen LogP contribution is -2.05. The van der Waals surface area contributed by atoms with Crippen molar-refractivity contribution in [3.63, 3.8) is 0 Å². The second kappa shape index (κ2) is 5.63. The van der Waals surface area contributed by atoms with Crippen LogP contribution in [0, 0.1) is 0 Å². The van der Waals surface area contributed by atoms with Crippen molar-refractivity contribution in [2.75, 3.05) is 10.6 Å². The van der Waals surface area contributed by atoms with Crippen LogP contribution in [-0.4, -0.2) is 10.9 Å². The summed E-state index contributed by atoms with van der Waals surface area (Å²) in [4.78, 5) is 15.4. The standard InChI is InChI=1S/C17H15N3O/c1-12(21)19-14-6-8-15(9-7-14)20-17-16-5-3-2-4-13(16)10-11-18-17/h2-11H,1H3,(H,18,20)(H,19,21). The van der Waals surface area contributed by atoms with E-state index >= 15 is 0 Å². The van der Waals surface area contributed by atoms with Gasteiger partial charge in [0.15, 0.2) is 0 Å². The maximum atomic E-state index is 11.0. The number of hydrogen-bond acceptors (Lipinski definition) is 3. The second-order valence-electron chi connectivity index (χ2n) is 4.76. The molecule has 0 fully saturated rings. The van der Waals surface area contributed by atoms with Gasteiger partial charge in [0.2, 0.25) is 5.91 Å². The van der Waals surface area contributed by atoms with Crippen molar-refractivity contribution in [1.29, 1.82) is 0 Å². The first kappa shape index (κ1) is 13.1. The molecule has 0 saturated heterocycles. The lowest BCUT2D eigenvalue weighted by molar-refractivity contribution is -0.114. The van der Waals surface area contributed by atoms with Gasteiger partial charge in [-0.2, -0.15) is 0 Å². The third-order valence-electron chi connectivity index (χ3n) is 3.14. The number of carbonyl (C=O) groups is 1. The van der Waals surface area contributed by atoms with Gasteiger partial charge < -0.3 is 10.6 Å². The Morgan fingerprint density at radius 1 is 0.952 bits per heavy atom. The molecular formula is C17H15N3O. The van der Waals surface area contributed by atoms with Crippen molar-refractivity contribution < 1.29 is 4.79 Å². The number of benzene rings is 2. The van der Waals surface area contributed by atoms with Crippen molar-refractivity contribution >= 4 is 33.9 Å². The number of anilines is 3. The van der Waals surface area contributed by atoms with Gasteiger partial charge in [0, 0.05) is 29.9 Å². The molecule has 1 heterocycles. The smallest absolute Gasteiger partial charge is 0.221 e. The molecule has 0 unspecified atom stereocenters. The first-order valence-electron chi connectivity index (χ1n) is 6.71. The van der Waals surface area contributed by atoms with Gasteiger partial charge in [0.25, 0.3) is 0 Å². The molecule has 2 aromatic carbocycles. The number of fused-ring (bicyclic) bond motifs is 1. The zero-order valence-electron chi connectivity index (χ0n) is 11.6. The van der Waals surface area contributed by atoms with Gasteiger partial charge in [-0.25, -0.2) is 4.98 Å². The van der Waals surface area contributed by atoms with Gasteiger partial charge >= 0.3 is 0 Å². The summed E-state index contributed by atoms with van der Waals surface area (Å²) in [6.07, 6.45) is 1.79. The maximum absolute atomic E-state index is 11.0. The van der Waals surface area contributed by atoms with E-state index < -0.39 is 0 Å². The molecule has 0 saturated carbocycles. The largest absolute Gasteiger partial charge is 0.340 e. The van der Waals surface area contributed by atoms with Gasteiger partial charge in [-0.3, -0.25) is 4.79 Å². The highest BCUT2D eigenvalue weighted by Gasteiger charge is 2.02. The summed E-state index contributed by atoms with van der Waals surface area (Å²) in [7, 11) is 0. The van der Waals surface area contributed by atoms with Crippen LogP contribution in [0.25, 0.3) is 10.8 Å². The predicted molar refractivity (Wildman–Crippen MR) is 85.8 cm³/mol. The Balaban J connectivity index is 1.87. The number of amides is 1. The quantitative estimate of drug-likeness (QED) is 0.762. The maximum Gasteiger partial charge on any atom is 0.221 e. The van der Waals surface area contributed by atoms with E-state index in [1.807, 2.05) is 48.5 Å². The fourth-order valence-corrected chi connectivity index (χ4v) is 2.20. The highest BCUT2D eigenvalue weighted by molar-refractivity contribution is 5.93. The third-order valence-corrected chi connectivity index (χ3v) is 3.14. The van der Waals surface area contributed by atoms with Gasteiger partial charge in [-0.15, -0.1) is 0 Å². The number of carbonyl (C=O) groups excluding carboxylic acids is 1. The van der Waals surface area contributed by atoms with Crippen LogP contribution in [0.5, 0.6) is 0 Å². The number of pyridine rings is 1. The van der Waals surface area contributed by atoms with E-state index in [1.54, 1.807) is 6.20 Å². The summed E-state index contributed by atoms with van der Waals surface area (Å²) in [5.41, 5.74) is 1.70. The fraction of sp³-hybridized carbons (Fsp3) is 0.0588.